The molecule has 0 saturated carbocycles. The van der Waals surface area contributed by atoms with Crippen LogP contribution in [0.1, 0.15) is 5.56 Å². The van der Waals surface area contributed by atoms with Gasteiger partial charge in [-0.1, -0.05) is 0 Å². The molecule has 3 N–H and O–H groups in total. The van der Waals surface area contributed by atoms with Crippen LogP contribution >= 0.6 is 12.6 Å². The Balaban J connectivity index is 0.000000385. The molecule has 0 aromatic heterocycles. The van der Waals surface area contributed by atoms with Gasteiger partial charge in [0.1, 0.15) is 5.69 Å². The summed E-state index contributed by atoms with van der Waals surface area (Å²) in [4.78, 5) is 9.18. The van der Waals surface area contributed by atoms with Gasteiger partial charge in [0, 0.05) is 5.75 Å². The van der Waals surface area contributed by atoms with E-state index < -0.39 is 17.7 Å². The molecule has 0 fully saturated rings. The van der Waals surface area contributed by atoms with E-state index in [1.165, 1.54) is 12.1 Å². The van der Waals surface area contributed by atoms with Crippen LogP contribution in [-0.2, 0) is 11.0 Å². The monoisotopic (exact) mass is 253 g/mol. The molecule has 0 amide bonds. The Hall–Kier alpha value is -1.21. The molecule has 0 radical (unpaired) electrons. The van der Waals surface area contributed by atoms with E-state index in [1.54, 1.807) is 0 Å². The minimum Gasteiger partial charge on any atom is -0.549 e. The van der Waals surface area contributed by atoms with Gasteiger partial charge in [0.05, 0.1) is 11.5 Å². The first-order valence-electron chi connectivity index (χ1n) is 4.07. The molecule has 0 saturated heterocycles. The maximum atomic E-state index is 11.9. The van der Waals surface area contributed by atoms with Crippen molar-refractivity contribution in [2.24, 2.45) is 0 Å². The summed E-state index contributed by atoms with van der Waals surface area (Å²) in [5, 5.41) is 9.18. The molecule has 0 aliphatic heterocycles. The lowest BCUT2D eigenvalue weighted by Crippen LogP contribution is -2.39. The van der Waals surface area contributed by atoms with Crippen molar-refractivity contribution in [2.75, 3.05) is 5.75 Å². The molecule has 0 atom stereocenters. The third-order valence-electron chi connectivity index (χ3n) is 1.41. The molecule has 1 aromatic rings. The van der Waals surface area contributed by atoms with Gasteiger partial charge in [-0.2, -0.15) is 25.8 Å². The van der Waals surface area contributed by atoms with Crippen LogP contribution in [-0.4, -0.2) is 11.7 Å². The molecule has 1 rings (SSSR count). The second kappa shape index (κ2) is 6.39. The van der Waals surface area contributed by atoms with Crippen molar-refractivity contribution in [3.63, 3.8) is 0 Å². The topological polar surface area (TPSA) is 67.8 Å². The van der Waals surface area contributed by atoms with Gasteiger partial charge in [-0.15, -0.1) is 0 Å². The standard InChI is InChI=1S/C7H6F3N.C2H4O2S/c8-7(9,10)5-1-3-6(11)4-2-5;3-2(4)1-5/h1-4H,11H2;5H,1H2,(H,3,4). The highest BCUT2D eigenvalue weighted by molar-refractivity contribution is 7.81. The Morgan fingerprint density at radius 1 is 1.31 bits per heavy atom. The summed E-state index contributed by atoms with van der Waals surface area (Å²) in [5.74, 6) is -1.33. The van der Waals surface area contributed by atoms with Crippen molar-refractivity contribution < 1.29 is 28.8 Å². The average Bonchev–Trinajstić information content (AvgIpc) is 2.18. The molecule has 16 heavy (non-hydrogen) atoms. The number of carboxylic acid groups (broad SMARTS) is 1. The molecule has 1 aromatic carbocycles. The number of hydrogen-bond donors (Lipinski definition) is 2. The van der Waals surface area contributed by atoms with Crippen molar-refractivity contribution in [3.8, 4) is 0 Å². The summed E-state index contributed by atoms with van der Waals surface area (Å²) >= 11 is 3.35. The minimum atomic E-state index is -4.24. The second-order valence-corrected chi connectivity index (χ2v) is 3.04. The number of carbonyl (C=O) groups is 1. The van der Waals surface area contributed by atoms with Gasteiger partial charge in [0.25, 0.3) is 0 Å². The molecular weight excluding hydrogens is 243 g/mol. The average molecular weight is 253 g/mol. The third kappa shape index (κ3) is 6.31. The van der Waals surface area contributed by atoms with Gasteiger partial charge < -0.3 is 15.6 Å². The number of carboxylic acids is 1. The number of carbonyl (C=O) groups excluding carboxylic acids is 1. The van der Waals surface area contributed by atoms with Crippen LogP contribution in [0.4, 0.5) is 18.9 Å². The fraction of sp³-hybridized carbons (Fsp3) is 0.222. The van der Waals surface area contributed by atoms with Crippen LogP contribution < -0.4 is 10.8 Å². The number of benzene rings is 1. The van der Waals surface area contributed by atoms with Gasteiger partial charge in [0.2, 0.25) is 0 Å². The van der Waals surface area contributed by atoms with E-state index >= 15 is 0 Å². The third-order valence-corrected chi connectivity index (χ3v) is 1.67. The van der Waals surface area contributed by atoms with Crippen LogP contribution in [0.25, 0.3) is 0 Å². The highest BCUT2D eigenvalue weighted by Gasteiger charge is 2.29. The van der Waals surface area contributed by atoms with Gasteiger partial charge in [-0.3, -0.25) is 0 Å². The van der Waals surface area contributed by atoms with Crippen LogP contribution in [0.5, 0.6) is 0 Å². The first kappa shape index (κ1) is 14.8. The summed E-state index contributed by atoms with van der Waals surface area (Å²) in [6, 6.07) is 4.70. The maximum Gasteiger partial charge on any atom is 0.416 e. The largest absolute Gasteiger partial charge is 0.549 e. The highest BCUT2D eigenvalue weighted by atomic mass is 32.1. The predicted molar refractivity (Wildman–Crippen MR) is 52.9 cm³/mol. The van der Waals surface area contributed by atoms with E-state index in [4.69, 9.17) is 0 Å². The number of rotatable bonds is 1. The number of hydrogen-bond acceptors (Lipinski definition) is 3. The van der Waals surface area contributed by atoms with E-state index in [0.29, 0.717) is 5.69 Å². The first-order chi connectivity index (χ1) is 7.27. The van der Waals surface area contributed by atoms with Crippen LogP contribution in [0.3, 0.4) is 0 Å². The van der Waals surface area contributed by atoms with Crippen LogP contribution in [0.2, 0.25) is 0 Å². The Kier molecular flexibility index (Phi) is 5.91. The Labute approximate surface area is 95.5 Å². The maximum absolute atomic E-state index is 11.9. The van der Waals surface area contributed by atoms with E-state index in [0.717, 1.165) is 12.1 Å². The van der Waals surface area contributed by atoms with Crippen LogP contribution in [0.15, 0.2) is 24.3 Å². The summed E-state index contributed by atoms with van der Waals surface area (Å²) in [6.07, 6.45) is -4.24. The molecule has 90 valence electrons. The quantitative estimate of drug-likeness (QED) is 0.704. The van der Waals surface area contributed by atoms with E-state index in [2.05, 4.69) is 18.4 Å². The Morgan fingerprint density at radius 3 is 1.94 bits per heavy atom. The zero-order valence-electron chi connectivity index (χ0n) is 8.12. The lowest BCUT2D eigenvalue weighted by molar-refractivity contribution is -0.301. The van der Waals surface area contributed by atoms with Gasteiger partial charge in [-0.25, -0.2) is 0 Å². The molecule has 0 aliphatic rings. The van der Waals surface area contributed by atoms with E-state index in [9.17, 15) is 23.1 Å². The van der Waals surface area contributed by atoms with Crippen molar-refractivity contribution >= 4 is 24.3 Å². The lowest BCUT2D eigenvalue weighted by Gasteiger charge is -2.04. The molecular formula is C9H10F3NO2S. The zero-order valence-corrected chi connectivity index (χ0v) is 9.02. The number of thiol groups is 1. The van der Waals surface area contributed by atoms with Gasteiger partial charge in [-0.05, 0) is 24.3 Å². The number of quaternary nitrogens is 1. The molecule has 0 spiro atoms. The molecule has 0 unspecified atom stereocenters. The predicted octanol–water partition coefficient (Wildman–Crippen LogP) is 0.245. The molecule has 0 aliphatic carbocycles. The molecule has 3 nitrogen and oxygen atoms in total. The second-order valence-electron chi connectivity index (χ2n) is 2.72. The first-order valence-corrected chi connectivity index (χ1v) is 4.70. The highest BCUT2D eigenvalue weighted by Crippen LogP contribution is 2.28. The smallest absolute Gasteiger partial charge is 0.416 e. The molecule has 0 heterocycles. The summed E-state index contributed by atoms with van der Waals surface area (Å²) in [7, 11) is 0. The van der Waals surface area contributed by atoms with Gasteiger partial charge in [0.15, 0.2) is 0 Å². The Morgan fingerprint density at radius 2 is 1.69 bits per heavy atom. The number of alkyl halides is 3. The van der Waals surface area contributed by atoms with Gasteiger partial charge >= 0.3 is 6.18 Å². The minimum absolute atomic E-state index is 0.194. The fourth-order valence-electron chi connectivity index (χ4n) is 0.694. The molecule has 7 heteroatoms. The summed E-state index contributed by atoms with van der Waals surface area (Å²) in [5.41, 5.74) is 3.42. The van der Waals surface area contributed by atoms with E-state index in [-0.39, 0.29) is 5.75 Å². The van der Waals surface area contributed by atoms with E-state index in [1.807, 2.05) is 0 Å². The van der Waals surface area contributed by atoms with Crippen LogP contribution in [0, 0.1) is 0 Å². The fourth-order valence-corrected chi connectivity index (χ4v) is 0.694. The lowest BCUT2D eigenvalue weighted by atomic mass is 10.2. The summed E-state index contributed by atoms with van der Waals surface area (Å²) < 4.78 is 35.7. The normalized spacial score (nSPS) is 10.3. The number of aliphatic carboxylic acids is 1. The zero-order chi connectivity index (χ0) is 12.8. The Bertz CT molecular complexity index is 338. The summed E-state index contributed by atoms with van der Waals surface area (Å²) in [6.45, 7) is 0. The van der Waals surface area contributed by atoms with Crippen molar-refractivity contribution in [3.05, 3.63) is 29.8 Å². The molecule has 0 bridgehead atoms. The number of halogens is 3. The van der Waals surface area contributed by atoms with Crippen molar-refractivity contribution in [2.45, 2.75) is 6.18 Å². The van der Waals surface area contributed by atoms with Crippen molar-refractivity contribution in [1.82, 2.24) is 0 Å². The SMILES string of the molecule is O=C([O-])CS.[NH3+]c1ccc(C(F)(F)F)cc1. The van der Waals surface area contributed by atoms with Crippen molar-refractivity contribution in [1.29, 1.82) is 0 Å².